The number of allylic oxidation sites excluding steroid dienone is 2. The molecule has 0 saturated carbocycles. The Morgan fingerprint density at radius 3 is 2.25 bits per heavy atom. The van der Waals surface area contributed by atoms with E-state index in [0.717, 1.165) is 0 Å². The van der Waals surface area contributed by atoms with Crippen LogP contribution in [0.25, 0.3) is 5.57 Å². The third kappa shape index (κ3) is 2.70. The fraction of sp³-hybridized carbons (Fsp3) is 0.0833. The maximum atomic E-state index is 10.5. The summed E-state index contributed by atoms with van der Waals surface area (Å²) in [7, 11) is 0. The van der Waals surface area contributed by atoms with Crippen molar-refractivity contribution < 1.29 is 4.79 Å². The van der Waals surface area contributed by atoms with Crippen molar-refractivity contribution >= 4 is 23.5 Å². The zero-order chi connectivity index (χ0) is 12.0. The van der Waals surface area contributed by atoms with E-state index in [4.69, 9.17) is 22.1 Å². The summed E-state index contributed by atoms with van der Waals surface area (Å²) < 4.78 is 0. The van der Waals surface area contributed by atoms with Crippen LogP contribution in [0.5, 0.6) is 0 Å². The van der Waals surface area contributed by atoms with Gasteiger partial charge in [0.25, 0.3) is 0 Å². The van der Waals surface area contributed by atoms with E-state index in [0.29, 0.717) is 22.4 Å². The third-order valence-electron chi connectivity index (χ3n) is 2.01. The molecule has 0 amide bonds. The normalized spacial score (nSPS) is 8.69. The second kappa shape index (κ2) is 5.70. The number of benzene rings is 1. The van der Waals surface area contributed by atoms with Crippen molar-refractivity contribution in [3.8, 4) is 12.1 Å². The topological polar surface area (TPSA) is 64.7 Å². The van der Waals surface area contributed by atoms with E-state index in [1.54, 1.807) is 36.4 Å². The largest absolute Gasteiger partial charge is 0.303 e. The van der Waals surface area contributed by atoms with Crippen molar-refractivity contribution in [2.45, 2.75) is 6.42 Å². The maximum absolute atomic E-state index is 10.5. The lowest BCUT2D eigenvalue weighted by Gasteiger charge is -2.03. The molecule has 0 unspecified atom stereocenters. The van der Waals surface area contributed by atoms with Gasteiger partial charge in [-0.05, 0) is 23.3 Å². The Morgan fingerprint density at radius 2 is 1.81 bits per heavy atom. The molecule has 0 aliphatic carbocycles. The number of carbonyl (C=O) groups is 1. The number of halogens is 1. The van der Waals surface area contributed by atoms with Crippen LogP contribution in [0, 0.1) is 22.7 Å². The highest BCUT2D eigenvalue weighted by Crippen LogP contribution is 2.22. The first-order valence-corrected chi connectivity index (χ1v) is 4.83. The van der Waals surface area contributed by atoms with Crippen LogP contribution < -0.4 is 0 Å². The molecule has 0 aliphatic rings. The van der Waals surface area contributed by atoms with Crippen LogP contribution in [0.4, 0.5) is 0 Å². The van der Waals surface area contributed by atoms with Gasteiger partial charge in [-0.2, -0.15) is 10.5 Å². The number of nitrogens with zero attached hydrogens (tertiary/aromatic N) is 2. The second-order valence-corrected chi connectivity index (χ2v) is 3.39. The van der Waals surface area contributed by atoms with E-state index in [9.17, 15) is 4.79 Å². The molecule has 0 saturated heterocycles. The molecule has 3 nitrogen and oxygen atoms in total. The fourth-order valence-corrected chi connectivity index (χ4v) is 1.38. The molecule has 0 aromatic heterocycles. The molecule has 0 atom stereocenters. The van der Waals surface area contributed by atoms with Gasteiger partial charge in [-0.3, -0.25) is 0 Å². The van der Waals surface area contributed by atoms with E-state index in [-0.39, 0.29) is 12.0 Å². The SMILES string of the molecule is N#CC(C#N)=C(CC=O)c1ccc(Cl)cc1. The summed E-state index contributed by atoms with van der Waals surface area (Å²) in [4.78, 5) is 10.5. The Labute approximate surface area is 98.2 Å². The molecule has 0 heterocycles. The first-order chi connectivity index (χ1) is 7.72. The molecular formula is C12H7ClN2O. The van der Waals surface area contributed by atoms with Gasteiger partial charge < -0.3 is 4.79 Å². The smallest absolute Gasteiger partial charge is 0.133 e. The summed E-state index contributed by atoms with van der Waals surface area (Å²) in [6, 6.07) is 10.2. The monoisotopic (exact) mass is 230 g/mol. The lowest BCUT2D eigenvalue weighted by molar-refractivity contribution is -0.107. The molecule has 1 aromatic rings. The van der Waals surface area contributed by atoms with Gasteiger partial charge in [-0.15, -0.1) is 0 Å². The minimum Gasteiger partial charge on any atom is -0.303 e. The summed E-state index contributed by atoms with van der Waals surface area (Å²) in [5, 5.41) is 18.1. The van der Waals surface area contributed by atoms with Crippen molar-refractivity contribution in [1.29, 1.82) is 10.5 Å². The van der Waals surface area contributed by atoms with Crippen molar-refractivity contribution in [3.63, 3.8) is 0 Å². The van der Waals surface area contributed by atoms with E-state index in [1.165, 1.54) is 0 Å². The van der Waals surface area contributed by atoms with Gasteiger partial charge in [0.1, 0.15) is 24.0 Å². The van der Waals surface area contributed by atoms with Gasteiger partial charge in [0.2, 0.25) is 0 Å². The van der Waals surface area contributed by atoms with Crippen LogP contribution in [-0.2, 0) is 4.79 Å². The van der Waals surface area contributed by atoms with Gasteiger partial charge in [0.05, 0.1) is 0 Å². The van der Waals surface area contributed by atoms with Crippen LogP contribution in [-0.4, -0.2) is 6.29 Å². The Bertz CT molecular complexity index is 487. The molecule has 0 radical (unpaired) electrons. The molecule has 78 valence electrons. The number of carbonyl (C=O) groups excluding carboxylic acids is 1. The molecular weight excluding hydrogens is 224 g/mol. The van der Waals surface area contributed by atoms with Gasteiger partial charge >= 0.3 is 0 Å². The number of hydrogen-bond acceptors (Lipinski definition) is 3. The molecule has 4 heteroatoms. The number of rotatable bonds is 3. The van der Waals surface area contributed by atoms with Crippen LogP contribution in [0.2, 0.25) is 5.02 Å². The Hall–Kier alpha value is -2.10. The number of nitriles is 2. The van der Waals surface area contributed by atoms with Crippen LogP contribution in [0.1, 0.15) is 12.0 Å². The summed E-state index contributed by atoms with van der Waals surface area (Å²) in [6.45, 7) is 0. The van der Waals surface area contributed by atoms with Crippen LogP contribution in [0.3, 0.4) is 0 Å². The Kier molecular flexibility index (Phi) is 4.27. The molecule has 16 heavy (non-hydrogen) atoms. The average molecular weight is 231 g/mol. The highest BCUT2D eigenvalue weighted by atomic mass is 35.5. The lowest BCUT2D eigenvalue weighted by atomic mass is 9.99. The molecule has 0 N–H and O–H groups in total. The van der Waals surface area contributed by atoms with Crippen molar-refractivity contribution in [1.82, 2.24) is 0 Å². The zero-order valence-corrected chi connectivity index (χ0v) is 9.03. The van der Waals surface area contributed by atoms with Gasteiger partial charge in [-0.25, -0.2) is 0 Å². The standard InChI is InChI=1S/C12H7ClN2O/c13-11-3-1-9(2-4-11)12(5-6-16)10(7-14)8-15/h1-4,6H,5H2. The quantitative estimate of drug-likeness (QED) is 0.592. The van der Waals surface area contributed by atoms with Crippen LogP contribution in [0.15, 0.2) is 29.8 Å². The first kappa shape index (κ1) is 12.0. The summed E-state index contributed by atoms with van der Waals surface area (Å²) >= 11 is 5.73. The zero-order valence-electron chi connectivity index (χ0n) is 8.27. The molecule has 1 rings (SSSR count). The molecule has 0 aliphatic heterocycles. The summed E-state index contributed by atoms with van der Waals surface area (Å²) in [5.41, 5.74) is 1.04. The summed E-state index contributed by atoms with van der Waals surface area (Å²) in [5.74, 6) is 0. The van der Waals surface area contributed by atoms with E-state index in [1.807, 2.05) is 0 Å². The molecule has 1 aromatic carbocycles. The van der Waals surface area contributed by atoms with Crippen molar-refractivity contribution in [3.05, 3.63) is 40.4 Å². The minimum absolute atomic E-state index is 0.0398. The van der Waals surface area contributed by atoms with E-state index < -0.39 is 0 Å². The number of hydrogen-bond donors (Lipinski definition) is 0. The molecule has 0 fully saturated rings. The number of aldehydes is 1. The Morgan fingerprint density at radius 1 is 1.25 bits per heavy atom. The van der Waals surface area contributed by atoms with Crippen LogP contribution >= 0.6 is 11.6 Å². The molecule has 0 bridgehead atoms. The average Bonchev–Trinajstić information content (AvgIpc) is 2.31. The van der Waals surface area contributed by atoms with Gasteiger partial charge in [0, 0.05) is 11.4 Å². The van der Waals surface area contributed by atoms with E-state index >= 15 is 0 Å². The summed E-state index contributed by atoms with van der Waals surface area (Å²) in [6.07, 6.45) is 0.705. The third-order valence-corrected chi connectivity index (χ3v) is 2.26. The second-order valence-electron chi connectivity index (χ2n) is 2.95. The first-order valence-electron chi connectivity index (χ1n) is 4.46. The van der Waals surface area contributed by atoms with Gasteiger partial charge in [-0.1, -0.05) is 23.7 Å². The predicted octanol–water partition coefficient (Wildman–Crippen LogP) is 2.73. The highest BCUT2D eigenvalue weighted by molar-refractivity contribution is 6.30. The van der Waals surface area contributed by atoms with E-state index in [2.05, 4.69) is 0 Å². The maximum Gasteiger partial charge on any atom is 0.133 e. The van der Waals surface area contributed by atoms with Crippen molar-refractivity contribution in [2.75, 3.05) is 0 Å². The van der Waals surface area contributed by atoms with Crippen molar-refractivity contribution in [2.24, 2.45) is 0 Å². The minimum atomic E-state index is -0.0468. The fourth-order valence-electron chi connectivity index (χ4n) is 1.26. The Balaban J connectivity index is 3.29. The lowest BCUT2D eigenvalue weighted by Crippen LogP contribution is -1.90. The predicted molar refractivity (Wildman–Crippen MR) is 60.3 cm³/mol. The molecule has 0 spiro atoms. The highest BCUT2D eigenvalue weighted by Gasteiger charge is 2.08. The van der Waals surface area contributed by atoms with Gasteiger partial charge in [0.15, 0.2) is 0 Å².